The molecule has 106 valence electrons. The van der Waals surface area contributed by atoms with Gasteiger partial charge >= 0.3 is 0 Å². The minimum atomic E-state index is -0.139. The number of halogens is 1. The fourth-order valence-electron chi connectivity index (χ4n) is 1.70. The van der Waals surface area contributed by atoms with Gasteiger partial charge in [-0.1, -0.05) is 11.6 Å². The fourth-order valence-corrected chi connectivity index (χ4v) is 1.86. The topological polar surface area (TPSA) is 82.2 Å². The third kappa shape index (κ3) is 3.64. The van der Waals surface area contributed by atoms with Crippen LogP contribution in [0.1, 0.15) is 6.42 Å². The number of carbonyl (C=O) groups is 1. The first-order chi connectivity index (χ1) is 9.58. The number of rotatable bonds is 5. The van der Waals surface area contributed by atoms with Gasteiger partial charge in [-0.25, -0.2) is 0 Å². The Balaban J connectivity index is 1.94. The maximum atomic E-state index is 11.9. The number of aromatic nitrogens is 2. The first-order valence-electron chi connectivity index (χ1n) is 6.00. The lowest BCUT2D eigenvalue weighted by molar-refractivity contribution is -0.116. The average molecular weight is 295 g/mol. The number of benzene rings is 1. The van der Waals surface area contributed by atoms with E-state index in [-0.39, 0.29) is 12.3 Å². The average Bonchev–Trinajstić information content (AvgIpc) is 2.84. The number of amides is 1. The fraction of sp³-hybridized carbons (Fsp3) is 0.231. The number of aryl methyl sites for hydroxylation is 1. The van der Waals surface area contributed by atoms with E-state index in [9.17, 15) is 4.79 Å². The first-order valence-corrected chi connectivity index (χ1v) is 6.37. The maximum absolute atomic E-state index is 11.9. The molecule has 1 aromatic carbocycles. The molecule has 0 aliphatic carbocycles. The van der Waals surface area contributed by atoms with Crippen LogP contribution in [0, 0.1) is 0 Å². The summed E-state index contributed by atoms with van der Waals surface area (Å²) < 4.78 is 6.78. The lowest BCUT2D eigenvalue weighted by Crippen LogP contribution is -2.15. The summed E-state index contributed by atoms with van der Waals surface area (Å²) in [7, 11) is 1.52. The van der Waals surface area contributed by atoms with Gasteiger partial charge < -0.3 is 15.8 Å². The van der Waals surface area contributed by atoms with Crippen LogP contribution < -0.4 is 15.8 Å². The summed E-state index contributed by atoms with van der Waals surface area (Å²) in [6, 6.07) is 5.06. The van der Waals surface area contributed by atoms with E-state index in [1.807, 2.05) is 0 Å². The van der Waals surface area contributed by atoms with E-state index < -0.39 is 0 Å². The van der Waals surface area contributed by atoms with Crippen molar-refractivity contribution < 1.29 is 9.53 Å². The van der Waals surface area contributed by atoms with Crippen LogP contribution in [0.25, 0.3) is 0 Å². The van der Waals surface area contributed by atoms with E-state index in [1.165, 1.54) is 13.3 Å². The molecule has 0 aliphatic heterocycles. The Bertz CT molecular complexity index is 612. The Kier molecular flexibility index (Phi) is 4.47. The molecule has 0 saturated carbocycles. The van der Waals surface area contributed by atoms with E-state index in [0.29, 0.717) is 28.7 Å². The molecular formula is C13H15ClN4O2. The Morgan fingerprint density at radius 2 is 2.35 bits per heavy atom. The SMILES string of the molecule is COc1cc(N)ccc1NC(=O)CCn1cc(Cl)cn1. The molecule has 1 amide bonds. The molecule has 0 fully saturated rings. The normalized spacial score (nSPS) is 10.3. The number of hydrogen-bond donors (Lipinski definition) is 2. The second-order valence-electron chi connectivity index (χ2n) is 4.18. The quantitative estimate of drug-likeness (QED) is 0.828. The van der Waals surface area contributed by atoms with Crippen molar-refractivity contribution in [1.29, 1.82) is 0 Å². The smallest absolute Gasteiger partial charge is 0.226 e. The van der Waals surface area contributed by atoms with Crippen LogP contribution in [0.3, 0.4) is 0 Å². The van der Waals surface area contributed by atoms with Crippen LogP contribution in [-0.2, 0) is 11.3 Å². The van der Waals surface area contributed by atoms with Crippen LogP contribution in [0.2, 0.25) is 5.02 Å². The van der Waals surface area contributed by atoms with Gasteiger partial charge in [0.15, 0.2) is 0 Å². The summed E-state index contributed by atoms with van der Waals surface area (Å²) in [5.74, 6) is 0.389. The van der Waals surface area contributed by atoms with Crippen molar-refractivity contribution in [1.82, 2.24) is 9.78 Å². The summed E-state index contributed by atoms with van der Waals surface area (Å²) in [5, 5.41) is 7.32. The van der Waals surface area contributed by atoms with Crippen molar-refractivity contribution in [3.8, 4) is 5.75 Å². The number of nitrogens with two attached hydrogens (primary N) is 1. The zero-order valence-corrected chi connectivity index (χ0v) is 11.7. The molecule has 7 heteroatoms. The minimum absolute atomic E-state index is 0.139. The summed E-state index contributed by atoms with van der Waals surface area (Å²) >= 11 is 5.75. The number of ether oxygens (including phenoxy) is 1. The van der Waals surface area contributed by atoms with Crippen LogP contribution in [0.15, 0.2) is 30.6 Å². The zero-order valence-electron chi connectivity index (χ0n) is 11.0. The highest BCUT2D eigenvalue weighted by atomic mass is 35.5. The lowest BCUT2D eigenvalue weighted by Gasteiger charge is -2.10. The van der Waals surface area contributed by atoms with Crippen molar-refractivity contribution >= 4 is 28.9 Å². The molecular weight excluding hydrogens is 280 g/mol. The second kappa shape index (κ2) is 6.29. The van der Waals surface area contributed by atoms with Crippen molar-refractivity contribution in [3.63, 3.8) is 0 Å². The van der Waals surface area contributed by atoms with Crippen LogP contribution in [-0.4, -0.2) is 22.8 Å². The summed E-state index contributed by atoms with van der Waals surface area (Å²) in [6.07, 6.45) is 3.48. The number of hydrogen-bond acceptors (Lipinski definition) is 4. The number of nitrogens with zero attached hydrogens (tertiary/aromatic N) is 2. The first kappa shape index (κ1) is 14.2. The van der Waals surface area contributed by atoms with Gasteiger partial charge in [0, 0.05) is 30.9 Å². The highest BCUT2D eigenvalue weighted by molar-refractivity contribution is 6.30. The minimum Gasteiger partial charge on any atom is -0.494 e. The summed E-state index contributed by atoms with van der Waals surface area (Å²) in [5.41, 5.74) is 6.82. The standard InChI is InChI=1S/C13H15ClN4O2/c1-20-12-6-10(15)2-3-11(12)17-13(19)4-5-18-8-9(14)7-16-18/h2-3,6-8H,4-5,15H2,1H3,(H,17,19). The number of nitrogen functional groups attached to an aromatic ring is 1. The Morgan fingerprint density at radius 3 is 3.00 bits per heavy atom. The number of anilines is 2. The van der Waals surface area contributed by atoms with Crippen LogP contribution in [0.4, 0.5) is 11.4 Å². The molecule has 0 saturated heterocycles. The van der Waals surface area contributed by atoms with Crippen molar-refractivity contribution in [2.75, 3.05) is 18.2 Å². The molecule has 0 spiro atoms. The Hall–Kier alpha value is -2.21. The van der Waals surface area contributed by atoms with Gasteiger partial charge in [-0.2, -0.15) is 5.10 Å². The molecule has 6 nitrogen and oxygen atoms in total. The predicted octanol–water partition coefficient (Wildman–Crippen LogP) is 2.16. The Morgan fingerprint density at radius 1 is 1.55 bits per heavy atom. The molecule has 1 heterocycles. The van der Waals surface area contributed by atoms with E-state index in [2.05, 4.69) is 10.4 Å². The van der Waals surface area contributed by atoms with E-state index in [1.54, 1.807) is 29.1 Å². The molecule has 0 aliphatic rings. The molecule has 0 unspecified atom stereocenters. The van der Waals surface area contributed by atoms with Crippen molar-refractivity contribution in [2.24, 2.45) is 0 Å². The van der Waals surface area contributed by atoms with Crippen LogP contribution in [0.5, 0.6) is 5.75 Å². The summed E-state index contributed by atoms with van der Waals surface area (Å²) in [6.45, 7) is 0.454. The monoisotopic (exact) mass is 294 g/mol. The van der Waals surface area contributed by atoms with Gasteiger partial charge in [0.2, 0.25) is 5.91 Å². The zero-order chi connectivity index (χ0) is 14.5. The van der Waals surface area contributed by atoms with Gasteiger partial charge in [0.25, 0.3) is 0 Å². The van der Waals surface area contributed by atoms with Gasteiger partial charge in [-0.3, -0.25) is 9.48 Å². The highest BCUT2D eigenvalue weighted by Gasteiger charge is 2.08. The number of carbonyl (C=O) groups excluding carboxylic acids is 1. The third-order valence-electron chi connectivity index (χ3n) is 2.67. The van der Waals surface area contributed by atoms with Gasteiger partial charge in [-0.05, 0) is 12.1 Å². The summed E-state index contributed by atoms with van der Waals surface area (Å²) in [4.78, 5) is 11.9. The molecule has 0 radical (unpaired) electrons. The molecule has 20 heavy (non-hydrogen) atoms. The van der Waals surface area contributed by atoms with E-state index >= 15 is 0 Å². The van der Waals surface area contributed by atoms with Crippen molar-refractivity contribution in [3.05, 3.63) is 35.6 Å². The van der Waals surface area contributed by atoms with Crippen molar-refractivity contribution in [2.45, 2.75) is 13.0 Å². The van der Waals surface area contributed by atoms with E-state index in [0.717, 1.165) is 0 Å². The highest BCUT2D eigenvalue weighted by Crippen LogP contribution is 2.26. The maximum Gasteiger partial charge on any atom is 0.226 e. The molecule has 3 N–H and O–H groups in total. The molecule has 0 bridgehead atoms. The molecule has 2 aromatic rings. The second-order valence-corrected chi connectivity index (χ2v) is 4.62. The predicted molar refractivity (Wildman–Crippen MR) is 77.9 cm³/mol. The third-order valence-corrected chi connectivity index (χ3v) is 2.86. The number of methoxy groups -OCH3 is 1. The molecule has 0 atom stereocenters. The van der Waals surface area contributed by atoms with Gasteiger partial charge in [0.05, 0.1) is 24.0 Å². The van der Waals surface area contributed by atoms with Gasteiger partial charge in [-0.15, -0.1) is 0 Å². The van der Waals surface area contributed by atoms with E-state index in [4.69, 9.17) is 22.1 Å². The van der Waals surface area contributed by atoms with Crippen LogP contribution >= 0.6 is 11.6 Å². The van der Waals surface area contributed by atoms with Gasteiger partial charge in [0.1, 0.15) is 5.75 Å². The number of nitrogens with one attached hydrogen (secondary N) is 1. The molecule has 2 rings (SSSR count). The Labute approximate surface area is 121 Å². The molecule has 1 aromatic heterocycles. The largest absolute Gasteiger partial charge is 0.494 e. The lowest BCUT2D eigenvalue weighted by atomic mass is 10.2.